The first-order valence-corrected chi connectivity index (χ1v) is 9.06. The quantitative estimate of drug-likeness (QED) is 0.583. The molecular formula is C21H21NO6. The zero-order chi connectivity index (χ0) is 19.9. The van der Waals surface area contributed by atoms with Crippen LogP contribution in [0.25, 0.3) is 0 Å². The van der Waals surface area contributed by atoms with Gasteiger partial charge in [-0.25, -0.2) is 4.79 Å². The predicted octanol–water partition coefficient (Wildman–Crippen LogP) is 3.24. The highest BCUT2D eigenvalue weighted by molar-refractivity contribution is 6.00. The van der Waals surface area contributed by atoms with E-state index < -0.39 is 5.97 Å². The lowest BCUT2D eigenvalue weighted by Crippen LogP contribution is -2.16. The summed E-state index contributed by atoms with van der Waals surface area (Å²) in [6.07, 6.45) is 0.124. The summed E-state index contributed by atoms with van der Waals surface area (Å²) in [4.78, 5) is 36.1. The number of nitrogens with one attached hydrogen (secondary N) is 1. The number of carbonyl (C=O) groups excluding carboxylic acids is 3. The van der Waals surface area contributed by atoms with Crippen LogP contribution in [0.15, 0.2) is 42.5 Å². The van der Waals surface area contributed by atoms with E-state index in [0.29, 0.717) is 48.1 Å². The van der Waals surface area contributed by atoms with E-state index in [1.807, 2.05) is 0 Å². The molecule has 0 aliphatic carbocycles. The summed E-state index contributed by atoms with van der Waals surface area (Å²) in [7, 11) is 0. The molecule has 0 bridgehead atoms. The van der Waals surface area contributed by atoms with Crippen LogP contribution in [0.3, 0.4) is 0 Å². The van der Waals surface area contributed by atoms with Gasteiger partial charge in [-0.15, -0.1) is 0 Å². The Hall–Kier alpha value is -3.35. The van der Waals surface area contributed by atoms with Crippen molar-refractivity contribution in [2.45, 2.75) is 19.8 Å². The smallest absolute Gasteiger partial charge is 0.338 e. The standard InChI is InChI=1S/C21H21NO6/c1-2-26-21(25)14-3-6-16(7-4-14)22-20(24)10-8-17(23)15-5-9-18-19(13-15)28-12-11-27-18/h3-7,9,13H,2,8,10-12H2,1H3,(H,22,24). The Balaban J connectivity index is 1.51. The number of esters is 1. The molecule has 1 amide bonds. The van der Waals surface area contributed by atoms with Gasteiger partial charge in [0, 0.05) is 24.1 Å². The van der Waals surface area contributed by atoms with Gasteiger partial charge < -0.3 is 19.5 Å². The number of benzene rings is 2. The first-order chi connectivity index (χ1) is 13.6. The minimum atomic E-state index is -0.412. The largest absolute Gasteiger partial charge is 0.486 e. The second kappa shape index (κ2) is 9.03. The van der Waals surface area contributed by atoms with E-state index in [1.165, 1.54) is 0 Å². The van der Waals surface area contributed by atoms with Crippen LogP contribution >= 0.6 is 0 Å². The van der Waals surface area contributed by atoms with Crippen molar-refractivity contribution in [2.75, 3.05) is 25.1 Å². The summed E-state index contributed by atoms with van der Waals surface area (Å²) in [5, 5.41) is 2.71. The Morgan fingerprint density at radius 3 is 2.32 bits per heavy atom. The molecule has 1 aliphatic heterocycles. The number of ether oxygens (including phenoxy) is 3. The number of rotatable bonds is 7. The number of Topliss-reactive ketones (excluding diaryl/α,β-unsaturated/α-hetero) is 1. The predicted molar refractivity (Wildman–Crippen MR) is 102 cm³/mol. The number of anilines is 1. The Bertz CT molecular complexity index is 875. The summed E-state index contributed by atoms with van der Waals surface area (Å²) < 4.78 is 15.8. The molecule has 7 heteroatoms. The van der Waals surface area contributed by atoms with Crippen LogP contribution < -0.4 is 14.8 Å². The van der Waals surface area contributed by atoms with Gasteiger partial charge in [0.15, 0.2) is 17.3 Å². The van der Waals surface area contributed by atoms with Gasteiger partial charge in [-0.2, -0.15) is 0 Å². The van der Waals surface area contributed by atoms with E-state index in [0.717, 1.165) is 0 Å². The third-order valence-corrected chi connectivity index (χ3v) is 4.12. The lowest BCUT2D eigenvalue weighted by Gasteiger charge is -2.18. The summed E-state index contributed by atoms with van der Waals surface area (Å²) in [6.45, 7) is 2.97. The van der Waals surface area contributed by atoms with Gasteiger partial charge in [-0.05, 0) is 49.4 Å². The van der Waals surface area contributed by atoms with E-state index in [-0.39, 0.29) is 24.5 Å². The molecule has 0 spiro atoms. The molecular weight excluding hydrogens is 362 g/mol. The lowest BCUT2D eigenvalue weighted by molar-refractivity contribution is -0.116. The summed E-state index contributed by atoms with van der Waals surface area (Å²) in [5.74, 6) is 0.319. The van der Waals surface area contributed by atoms with E-state index >= 15 is 0 Å². The molecule has 0 saturated heterocycles. The summed E-state index contributed by atoms with van der Waals surface area (Å²) in [5.41, 5.74) is 1.44. The first kappa shape index (κ1) is 19.4. The minimum Gasteiger partial charge on any atom is -0.486 e. The summed E-state index contributed by atoms with van der Waals surface area (Å²) in [6, 6.07) is 11.4. The molecule has 1 aliphatic rings. The molecule has 0 saturated carbocycles. The number of hydrogen-bond acceptors (Lipinski definition) is 6. The third kappa shape index (κ3) is 4.88. The second-order valence-corrected chi connectivity index (χ2v) is 6.13. The van der Waals surface area contributed by atoms with Crippen LogP contribution in [0.2, 0.25) is 0 Å². The van der Waals surface area contributed by atoms with Crippen LogP contribution in [0.5, 0.6) is 11.5 Å². The van der Waals surface area contributed by atoms with Crippen molar-refractivity contribution in [1.82, 2.24) is 0 Å². The topological polar surface area (TPSA) is 90.9 Å². The van der Waals surface area contributed by atoms with E-state index in [1.54, 1.807) is 49.4 Å². The molecule has 28 heavy (non-hydrogen) atoms. The average molecular weight is 383 g/mol. The van der Waals surface area contributed by atoms with Crippen LogP contribution in [0.4, 0.5) is 5.69 Å². The Morgan fingerprint density at radius 1 is 0.929 bits per heavy atom. The van der Waals surface area contributed by atoms with Crippen molar-refractivity contribution in [3.05, 3.63) is 53.6 Å². The second-order valence-electron chi connectivity index (χ2n) is 6.13. The lowest BCUT2D eigenvalue weighted by atomic mass is 10.1. The molecule has 2 aromatic rings. The van der Waals surface area contributed by atoms with Gasteiger partial charge in [0.2, 0.25) is 5.91 Å². The number of fused-ring (bicyclic) bond motifs is 1. The highest BCUT2D eigenvalue weighted by Gasteiger charge is 2.16. The Kier molecular flexibility index (Phi) is 6.26. The minimum absolute atomic E-state index is 0.0485. The molecule has 2 aromatic carbocycles. The Labute approximate surface area is 162 Å². The molecule has 0 radical (unpaired) electrons. The van der Waals surface area contributed by atoms with E-state index in [2.05, 4.69) is 5.32 Å². The van der Waals surface area contributed by atoms with Crippen molar-refractivity contribution in [3.8, 4) is 11.5 Å². The van der Waals surface area contributed by atoms with Gasteiger partial charge >= 0.3 is 5.97 Å². The van der Waals surface area contributed by atoms with E-state index in [9.17, 15) is 14.4 Å². The maximum atomic E-state index is 12.3. The van der Waals surface area contributed by atoms with Crippen LogP contribution in [-0.2, 0) is 9.53 Å². The molecule has 7 nitrogen and oxygen atoms in total. The first-order valence-electron chi connectivity index (χ1n) is 9.06. The number of amides is 1. The molecule has 146 valence electrons. The normalized spacial score (nSPS) is 12.2. The highest BCUT2D eigenvalue weighted by Crippen LogP contribution is 2.31. The fraction of sp³-hybridized carbons (Fsp3) is 0.286. The summed E-state index contributed by atoms with van der Waals surface area (Å²) >= 11 is 0. The van der Waals surface area contributed by atoms with Gasteiger partial charge in [0.25, 0.3) is 0 Å². The van der Waals surface area contributed by atoms with Gasteiger partial charge in [-0.1, -0.05) is 0 Å². The van der Waals surface area contributed by atoms with Gasteiger partial charge in [0.1, 0.15) is 13.2 Å². The van der Waals surface area contributed by atoms with Crippen molar-refractivity contribution in [1.29, 1.82) is 0 Å². The number of ketones is 1. The molecule has 1 heterocycles. The molecule has 0 aromatic heterocycles. The van der Waals surface area contributed by atoms with Crippen LogP contribution in [0.1, 0.15) is 40.5 Å². The molecule has 0 fully saturated rings. The van der Waals surface area contributed by atoms with E-state index in [4.69, 9.17) is 14.2 Å². The fourth-order valence-corrected chi connectivity index (χ4v) is 2.72. The van der Waals surface area contributed by atoms with Gasteiger partial charge in [0.05, 0.1) is 12.2 Å². The molecule has 3 rings (SSSR count). The maximum absolute atomic E-state index is 12.3. The highest BCUT2D eigenvalue weighted by atomic mass is 16.6. The zero-order valence-corrected chi connectivity index (χ0v) is 15.5. The molecule has 0 unspecified atom stereocenters. The van der Waals surface area contributed by atoms with Crippen molar-refractivity contribution >= 4 is 23.3 Å². The number of hydrogen-bond donors (Lipinski definition) is 1. The zero-order valence-electron chi connectivity index (χ0n) is 15.5. The molecule has 0 atom stereocenters. The average Bonchev–Trinajstić information content (AvgIpc) is 2.72. The van der Waals surface area contributed by atoms with Gasteiger partial charge in [-0.3, -0.25) is 9.59 Å². The monoisotopic (exact) mass is 383 g/mol. The number of carbonyl (C=O) groups is 3. The van der Waals surface area contributed by atoms with Crippen LogP contribution in [-0.4, -0.2) is 37.5 Å². The van der Waals surface area contributed by atoms with Crippen molar-refractivity contribution in [3.63, 3.8) is 0 Å². The van der Waals surface area contributed by atoms with Crippen molar-refractivity contribution in [2.24, 2.45) is 0 Å². The Morgan fingerprint density at radius 2 is 1.61 bits per heavy atom. The van der Waals surface area contributed by atoms with Crippen molar-refractivity contribution < 1.29 is 28.6 Å². The molecule has 1 N–H and O–H groups in total. The SMILES string of the molecule is CCOC(=O)c1ccc(NC(=O)CCC(=O)c2ccc3c(c2)OCCO3)cc1. The van der Waals surface area contributed by atoms with Crippen LogP contribution in [0, 0.1) is 0 Å². The maximum Gasteiger partial charge on any atom is 0.338 e. The fourth-order valence-electron chi connectivity index (χ4n) is 2.72. The third-order valence-electron chi connectivity index (χ3n) is 4.12.